The molecule has 6 heteroatoms. The second-order valence-corrected chi connectivity index (χ2v) is 6.57. The van der Waals surface area contributed by atoms with Gasteiger partial charge in [0.15, 0.2) is 9.84 Å². The monoisotopic (exact) mass is 292 g/mol. The molecule has 0 bridgehead atoms. The van der Waals surface area contributed by atoms with Crippen molar-refractivity contribution in [3.8, 4) is 11.5 Å². The molecule has 106 valence electrons. The molecule has 1 aromatic carbocycles. The zero-order chi connectivity index (χ0) is 14.8. The van der Waals surface area contributed by atoms with Crippen LogP contribution in [0.2, 0.25) is 0 Å². The number of rotatable bonds is 4. The van der Waals surface area contributed by atoms with Gasteiger partial charge in [0.2, 0.25) is 0 Å². The summed E-state index contributed by atoms with van der Waals surface area (Å²) in [6.07, 6.45) is 2.75. The number of ether oxygens (including phenoxy) is 1. The van der Waals surface area contributed by atoms with Gasteiger partial charge < -0.3 is 10.5 Å². The van der Waals surface area contributed by atoms with Crippen LogP contribution in [0.1, 0.15) is 18.7 Å². The predicted octanol–water partition coefficient (Wildman–Crippen LogP) is 2.30. The molecule has 0 fully saturated rings. The zero-order valence-electron chi connectivity index (χ0n) is 11.3. The Bertz CT molecular complexity index is 677. The first kappa shape index (κ1) is 14.5. The number of nitrogens with zero attached hydrogens (tertiary/aromatic N) is 1. The molecular weight excluding hydrogens is 276 g/mol. The molecule has 0 amide bonds. The van der Waals surface area contributed by atoms with Crippen LogP contribution in [0.3, 0.4) is 0 Å². The van der Waals surface area contributed by atoms with E-state index >= 15 is 0 Å². The molecule has 1 atom stereocenters. The van der Waals surface area contributed by atoms with Crippen molar-refractivity contribution in [1.82, 2.24) is 4.98 Å². The number of sulfone groups is 1. The molecule has 2 rings (SSSR count). The Hall–Kier alpha value is -1.92. The molecule has 2 N–H and O–H groups in total. The molecule has 1 heterocycles. The third-order valence-corrected chi connectivity index (χ3v) is 3.84. The maximum absolute atomic E-state index is 11.3. The van der Waals surface area contributed by atoms with Crippen LogP contribution in [-0.4, -0.2) is 19.7 Å². The van der Waals surface area contributed by atoms with Gasteiger partial charge in [0.05, 0.1) is 16.8 Å². The third-order valence-electron chi connectivity index (χ3n) is 2.71. The summed E-state index contributed by atoms with van der Waals surface area (Å²) >= 11 is 0. The molecule has 0 radical (unpaired) electrons. The Kier molecular flexibility index (Phi) is 4.06. The first-order chi connectivity index (χ1) is 9.36. The van der Waals surface area contributed by atoms with Crippen LogP contribution in [-0.2, 0) is 9.84 Å². The Morgan fingerprint density at radius 2 is 1.70 bits per heavy atom. The minimum atomic E-state index is -3.19. The van der Waals surface area contributed by atoms with Crippen molar-refractivity contribution in [3.63, 3.8) is 0 Å². The van der Waals surface area contributed by atoms with E-state index in [4.69, 9.17) is 10.5 Å². The van der Waals surface area contributed by atoms with Crippen LogP contribution in [0.15, 0.2) is 47.5 Å². The summed E-state index contributed by atoms with van der Waals surface area (Å²) < 4.78 is 28.3. The van der Waals surface area contributed by atoms with Crippen LogP contribution in [0.4, 0.5) is 0 Å². The van der Waals surface area contributed by atoms with E-state index in [1.165, 1.54) is 18.4 Å². The highest BCUT2D eigenvalue weighted by molar-refractivity contribution is 7.90. The molecule has 0 saturated heterocycles. The summed E-state index contributed by atoms with van der Waals surface area (Å²) in [6.45, 7) is 1.85. The van der Waals surface area contributed by atoms with Gasteiger partial charge in [-0.15, -0.1) is 0 Å². The minimum absolute atomic E-state index is 0.127. The molecule has 1 aromatic heterocycles. The zero-order valence-corrected chi connectivity index (χ0v) is 12.1. The molecule has 0 aliphatic heterocycles. The smallest absolute Gasteiger partial charge is 0.175 e. The maximum atomic E-state index is 11.3. The summed E-state index contributed by atoms with van der Waals surface area (Å²) in [5.41, 5.74) is 6.50. The highest BCUT2D eigenvalue weighted by Gasteiger charge is 2.07. The average molecular weight is 292 g/mol. The lowest BCUT2D eigenvalue weighted by Crippen LogP contribution is -2.06. The molecule has 1 unspecified atom stereocenters. The van der Waals surface area contributed by atoms with Gasteiger partial charge in [-0.3, -0.25) is 4.98 Å². The van der Waals surface area contributed by atoms with E-state index in [0.29, 0.717) is 11.5 Å². The van der Waals surface area contributed by atoms with Crippen LogP contribution in [0.25, 0.3) is 0 Å². The van der Waals surface area contributed by atoms with Gasteiger partial charge in [0.1, 0.15) is 11.5 Å². The highest BCUT2D eigenvalue weighted by Crippen LogP contribution is 2.23. The highest BCUT2D eigenvalue weighted by atomic mass is 32.2. The second kappa shape index (κ2) is 5.60. The van der Waals surface area contributed by atoms with Crippen LogP contribution in [0.5, 0.6) is 11.5 Å². The molecule has 20 heavy (non-hydrogen) atoms. The molecule has 0 aliphatic rings. The Balaban J connectivity index is 2.14. The lowest BCUT2D eigenvalue weighted by Gasteiger charge is -2.08. The minimum Gasteiger partial charge on any atom is -0.456 e. The predicted molar refractivity (Wildman–Crippen MR) is 76.5 cm³/mol. The van der Waals surface area contributed by atoms with Crippen molar-refractivity contribution in [2.24, 2.45) is 5.73 Å². The van der Waals surface area contributed by atoms with Gasteiger partial charge in [-0.2, -0.15) is 0 Å². The number of nitrogens with two attached hydrogens (primary N) is 1. The summed E-state index contributed by atoms with van der Waals surface area (Å²) in [4.78, 5) is 4.44. The topological polar surface area (TPSA) is 82.3 Å². The van der Waals surface area contributed by atoms with E-state index < -0.39 is 9.84 Å². The Morgan fingerprint density at radius 1 is 1.10 bits per heavy atom. The number of aromatic nitrogens is 1. The van der Waals surface area contributed by atoms with E-state index in [1.54, 1.807) is 30.5 Å². The lowest BCUT2D eigenvalue weighted by molar-refractivity contribution is 0.479. The van der Waals surface area contributed by atoms with Crippen LogP contribution in [0, 0.1) is 0 Å². The number of hydrogen-bond donors (Lipinski definition) is 1. The fraction of sp³-hybridized carbons (Fsp3) is 0.214. The second-order valence-electron chi connectivity index (χ2n) is 4.55. The van der Waals surface area contributed by atoms with Gasteiger partial charge in [0.25, 0.3) is 0 Å². The number of pyridine rings is 1. The number of benzene rings is 1. The molecule has 5 nitrogen and oxygen atoms in total. The molecule has 0 aliphatic carbocycles. The Morgan fingerprint density at radius 3 is 2.15 bits per heavy atom. The molecule has 0 spiro atoms. The fourth-order valence-corrected chi connectivity index (χ4v) is 2.24. The Labute approximate surface area is 118 Å². The summed E-state index contributed by atoms with van der Waals surface area (Å²) in [5.74, 6) is 1.12. The van der Waals surface area contributed by atoms with Crippen molar-refractivity contribution in [2.45, 2.75) is 17.9 Å². The van der Waals surface area contributed by atoms with Crippen LogP contribution >= 0.6 is 0 Å². The SMILES string of the molecule is CC(N)c1ccc(Oc2ccc(S(C)(=O)=O)cc2)cn1. The maximum Gasteiger partial charge on any atom is 0.175 e. The molecule has 2 aromatic rings. The van der Waals surface area contributed by atoms with Crippen LogP contribution < -0.4 is 10.5 Å². The first-order valence-electron chi connectivity index (χ1n) is 6.06. The molecular formula is C14H16N2O3S. The van der Waals surface area contributed by atoms with Crippen molar-refractivity contribution in [1.29, 1.82) is 0 Å². The van der Waals surface area contributed by atoms with E-state index in [9.17, 15) is 8.42 Å². The summed E-state index contributed by atoms with van der Waals surface area (Å²) in [5, 5.41) is 0. The van der Waals surface area contributed by atoms with Crippen molar-refractivity contribution in [3.05, 3.63) is 48.3 Å². The van der Waals surface area contributed by atoms with Gasteiger partial charge in [-0.05, 0) is 43.3 Å². The lowest BCUT2D eigenvalue weighted by atomic mass is 10.2. The normalized spacial score (nSPS) is 12.9. The average Bonchev–Trinajstić information content (AvgIpc) is 2.39. The summed E-state index contributed by atoms with van der Waals surface area (Å²) in [7, 11) is -3.19. The van der Waals surface area contributed by atoms with Gasteiger partial charge in [-0.25, -0.2) is 8.42 Å². The van der Waals surface area contributed by atoms with Crippen molar-refractivity contribution >= 4 is 9.84 Å². The quantitative estimate of drug-likeness (QED) is 0.935. The van der Waals surface area contributed by atoms with Gasteiger partial charge >= 0.3 is 0 Å². The van der Waals surface area contributed by atoms with Crippen molar-refractivity contribution < 1.29 is 13.2 Å². The van der Waals surface area contributed by atoms with E-state index in [1.807, 2.05) is 6.92 Å². The number of hydrogen-bond acceptors (Lipinski definition) is 5. The summed E-state index contributed by atoms with van der Waals surface area (Å²) in [6, 6.07) is 9.67. The first-order valence-corrected chi connectivity index (χ1v) is 7.95. The largest absolute Gasteiger partial charge is 0.456 e. The fourth-order valence-electron chi connectivity index (χ4n) is 1.61. The van der Waals surface area contributed by atoms with E-state index in [-0.39, 0.29) is 10.9 Å². The standard InChI is InChI=1S/C14H16N2O3S/c1-10(15)14-8-5-12(9-16-14)19-11-3-6-13(7-4-11)20(2,17)18/h3-10H,15H2,1-2H3. The van der Waals surface area contributed by atoms with E-state index in [0.717, 1.165) is 5.69 Å². The third kappa shape index (κ3) is 3.55. The van der Waals surface area contributed by atoms with E-state index in [2.05, 4.69) is 4.98 Å². The van der Waals surface area contributed by atoms with Crippen molar-refractivity contribution in [2.75, 3.05) is 6.26 Å². The molecule has 0 saturated carbocycles. The van der Waals surface area contributed by atoms with Gasteiger partial charge in [-0.1, -0.05) is 0 Å². The van der Waals surface area contributed by atoms with Gasteiger partial charge in [0, 0.05) is 12.3 Å².